The number of aromatic nitrogens is 5. The molecular weight excluding hydrogens is 781 g/mol. The Balaban J connectivity index is 1.05. The van der Waals surface area contributed by atoms with Gasteiger partial charge in [-0.15, -0.1) is 0 Å². The standard InChI is InChI=1S/C58H36N6/c59-33-38-19-21-41(22-20-38)58-56(63-52-17-9-7-15-46(52)48-31-42(25-29-54(48)63)44-23-27-50(61-34-44)39-11-3-1-4-12-39)36-60-37-57(58)64-53-18-10-8-16-47(53)49-32-43(26-30-55(49)64)45-24-28-51(62-35-45)40-13-5-2-6-14-40/h1-32,34-37H. The van der Waals surface area contributed by atoms with Crippen LogP contribution in [-0.4, -0.2) is 24.1 Å². The second-order valence-corrected chi connectivity index (χ2v) is 16.0. The van der Waals surface area contributed by atoms with Crippen molar-refractivity contribution in [3.05, 3.63) is 224 Å². The maximum absolute atomic E-state index is 9.85. The molecule has 64 heavy (non-hydrogen) atoms. The lowest BCUT2D eigenvalue weighted by atomic mass is 10.0. The number of hydrogen-bond acceptors (Lipinski definition) is 4. The third-order valence-corrected chi connectivity index (χ3v) is 12.4. The molecule has 5 heterocycles. The van der Waals surface area contributed by atoms with Gasteiger partial charge in [0.15, 0.2) is 0 Å². The molecule has 12 aromatic rings. The van der Waals surface area contributed by atoms with Crippen LogP contribution in [0.5, 0.6) is 0 Å². The van der Waals surface area contributed by atoms with Crippen LogP contribution in [0.4, 0.5) is 0 Å². The van der Waals surface area contributed by atoms with Gasteiger partial charge in [0.05, 0.1) is 68.9 Å². The Bertz CT molecular complexity index is 3530. The topological polar surface area (TPSA) is 72.3 Å². The zero-order chi connectivity index (χ0) is 42.6. The predicted octanol–water partition coefficient (Wildman–Crippen LogP) is 14.3. The molecule has 0 aliphatic rings. The van der Waals surface area contributed by atoms with E-state index in [1.54, 1.807) is 0 Å². The van der Waals surface area contributed by atoms with Crippen LogP contribution in [-0.2, 0) is 0 Å². The van der Waals surface area contributed by atoms with E-state index >= 15 is 0 Å². The molecular formula is C58H36N6. The molecule has 12 rings (SSSR count). The van der Waals surface area contributed by atoms with Crippen molar-refractivity contribution < 1.29 is 0 Å². The number of nitrogens with zero attached hydrogens (tertiary/aromatic N) is 6. The van der Waals surface area contributed by atoms with Crippen molar-refractivity contribution in [1.82, 2.24) is 24.1 Å². The van der Waals surface area contributed by atoms with E-state index < -0.39 is 0 Å². The fraction of sp³-hybridized carbons (Fsp3) is 0. The number of hydrogen-bond donors (Lipinski definition) is 0. The van der Waals surface area contributed by atoms with Crippen molar-refractivity contribution in [3.63, 3.8) is 0 Å². The zero-order valence-corrected chi connectivity index (χ0v) is 34.5. The number of fused-ring (bicyclic) bond motifs is 6. The summed E-state index contributed by atoms with van der Waals surface area (Å²) in [4.78, 5) is 14.7. The van der Waals surface area contributed by atoms with Gasteiger partial charge in [0.25, 0.3) is 0 Å². The van der Waals surface area contributed by atoms with Crippen LogP contribution >= 0.6 is 0 Å². The quantitative estimate of drug-likeness (QED) is 0.161. The molecule has 298 valence electrons. The SMILES string of the molecule is N#Cc1ccc(-c2c(-n3c4ccccc4c4cc(-c5ccc(-c6ccccc6)nc5)ccc43)cncc2-n2c3ccccc3c3cc(-c4ccc(-c5ccccc5)nc4)ccc32)cc1. The van der Waals surface area contributed by atoms with E-state index in [0.29, 0.717) is 5.56 Å². The molecule has 6 nitrogen and oxygen atoms in total. The molecule has 5 aromatic heterocycles. The number of nitriles is 1. The molecule has 0 amide bonds. The lowest BCUT2D eigenvalue weighted by molar-refractivity contribution is 1.09. The molecule has 0 unspecified atom stereocenters. The van der Waals surface area contributed by atoms with Gasteiger partial charge in [0.2, 0.25) is 0 Å². The highest BCUT2D eigenvalue weighted by Gasteiger charge is 2.23. The first-order chi connectivity index (χ1) is 31.7. The number of para-hydroxylation sites is 2. The van der Waals surface area contributed by atoms with E-state index in [1.807, 2.05) is 73.3 Å². The van der Waals surface area contributed by atoms with Crippen LogP contribution in [0, 0.1) is 11.3 Å². The number of pyridine rings is 3. The van der Waals surface area contributed by atoms with Gasteiger partial charge in [-0.1, -0.05) is 133 Å². The molecule has 0 radical (unpaired) electrons. The highest BCUT2D eigenvalue weighted by Crippen LogP contribution is 2.43. The van der Waals surface area contributed by atoms with E-state index in [1.165, 1.54) is 0 Å². The third-order valence-electron chi connectivity index (χ3n) is 12.4. The average molecular weight is 817 g/mol. The van der Waals surface area contributed by atoms with Gasteiger partial charge in [-0.2, -0.15) is 5.26 Å². The van der Waals surface area contributed by atoms with E-state index in [4.69, 9.17) is 15.0 Å². The first-order valence-electron chi connectivity index (χ1n) is 21.3. The average Bonchev–Trinajstić information content (AvgIpc) is 3.89. The number of rotatable bonds is 7. The summed E-state index contributed by atoms with van der Waals surface area (Å²) in [6.07, 6.45) is 7.88. The maximum Gasteiger partial charge on any atom is 0.0991 e. The summed E-state index contributed by atoms with van der Waals surface area (Å²) in [5, 5.41) is 14.4. The second-order valence-electron chi connectivity index (χ2n) is 16.0. The fourth-order valence-corrected chi connectivity index (χ4v) is 9.30. The van der Waals surface area contributed by atoms with Crippen molar-refractivity contribution in [1.29, 1.82) is 5.26 Å². The van der Waals surface area contributed by atoms with E-state index in [0.717, 1.165) is 111 Å². The molecule has 0 fully saturated rings. The van der Waals surface area contributed by atoms with Crippen LogP contribution in [0.25, 0.3) is 111 Å². The summed E-state index contributed by atoms with van der Waals surface area (Å²) in [5.74, 6) is 0. The van der Waals surface area contributed by atoms with Crippen LogP contribution in [0.15, 0.2) is 219 Å². The molecule has 0 bridgehead atoms. The van der Waals surface area contributed by atoms with Crippen molar-refractivity contribution in [2.24, 2.45) is 0 Å². The smallest absolute Gasteiger partial charge is 0.0991 e. The van der Waals surface area contributed by atoms with Gasteiger partial charge in [-0.25, -0.2) is 0 Å². The highest BCUT2D eigenvalue weighted by molar-refractivity contribution is 6.13. The first kappa shape index (κ1) is 36.9. The Labute approximate surface area is 369 Å². The van der Waals surface area contributed by atoms with Gasteiger partial charge in [0.1, 0.15) is 0 Å². The summed E-state index contributed by atoms with van der Waals surface area (Å²) in [7, 11) is 0. The summed E-state index contributed by atoms with van der Waals surface area (Å²) < 4.78 is 4.68. The fourth-order valence-electron chi connectivity index (χ4n) is 9.30. The van der Waals surface area contributed by atoms with Gasteiger partial charge in [-0.05, 0) is 77.4 Å². The largest absolute Gasteiger partial charge is 0.307 e. The van der Waals surface area contributed by atoms with Gasteiger partial charge in [0, 0.05) is 61.8 Å². The Hall–Kier alpha value is -8.92. The molecule has 6 heteroatoms. The molecule has 0 spiro atoms. The minimum atomic E-state index is 0.604. The predicted molar refractivity (Wildman–Crippen MR) is 260 cm³/mol. The van der Waals surface area contributed by atoms with E-state index in [-0.39, 0.29) is 0 Å². The normalized spacial score (nSPS) is 11.4. The van der Waals surface area contributed by atoms with Crippen molar-refractivity contribution >= 4 is 43.6 Å². The molecule has 0 N–H and O–H groups in total. The summed E-state index contributed by atoms with van der Waals surface area (Å²) in [6, 6.07) is 69.8. The highest BCUT2D eigenvalue weighted by atomic mass is 15.0. The molecule has 0 atom stereocenters. The van der Waals surface area contributed by atoms with E-state index in [9.17, 15) is 5.26 Å². The minimum Gasteiger partial charge on any atom is -0.307 e. The summed E-state index contributed by atoms with van der Waals surface area (Å²) in [5.41, 5.74) is 17.1. The Morgan fingerprint density at radius 2 is 0.766 bits per heavy atom. The summed E-state index contributed by atoms with van der Waals surface area (Å²) in [6.45, 7) is 0. The Morgan fingerprint density at radius 3 is 1.22 bits per heavy atom. The molecule has 0 saturated carbocycles. The molecule has 0 aliphatic heterocycles. The van der Waals surface area contributed by atoms with Crippen molar-refractivity contribution in [2.75, 3.05) is 0 Å². The monoisotopic (exact) mass is 816 g/mol. The van der Waals surface area contributed by atoms with Gasteiger partial charge >= 0.3 is 0 Å². The third kappa shape index (κ3) is 6.14. The minimum absolute atomic E-state index is 0.604. The first-order valence-corrected chi connectivity index (χ1v) is 21.3. The van der Waals surface area contributed by atoms with Gasteiger partial charge in [-0.3, -0.25) is 15.0 Å². The Kier molecular flexibility index (Phi) is 8.77. The van der Waals surface area contributed by atoms with Crippen LogP contribution in [0.1, 0.15) is 5.56 Å². The second kappa shape index (κ2) is 15.2. The van der Waals surface area contributed by atoms with E-state index in [2.05, 4.69) is 161 Å². The Morgan fingerprint density at radius 1 is 0.344 bits per heavy atom. The zero-order valence-electron chi connectivity index (χ0n) is 34.5. The van der Waals surface area contributed by atoms with Crippen LogP contribution in [0.2, 0.25) is 0 Å². The summed E-state index contributed by atoms with van der Waals surface area (Å²) >= 11 is 0. The van der Waals surface area contributed by atoms with Crippen molar-refractivity contribution in [3.8, 4) is 73.3 Å². The van der Waals surface area contributed by atoms with Crippen molar-refractivity contribution in [2.45, 2.75) is 0 Å². The molecule has 7 aromatic carbocycles. The van der Waals surface area contributed by atoms with Crippen LogP contribution in [0.3, 0.4) is 0 Å². The maximum atomic E-state index is 9.85. The lowest BCUT2D eigenvalue weighted by Crippen LogP contribution is -2.05. The number of benzene rings is 7. The molecule has 0 saturated heterocycles. The van der Waals surface area contributed by atoms with Crippen LogP contribution < -0.4 is 0 Å². The molecule has 0 aliphatic carbocycles. The lowest BCUT2D eigenvalue weighted by Gasteiger charge is -2.19. The van der Waals surface area contributed by atoms with Gasteiger partial charge < -0.3 is 9.13 Å².